The molecule has 2 heteroatoms. The first-order valence-electron chi connectivity index (χ1n) is 5.43. The Bertz CT molecular complexity index is 353. The fourth-order valence-corrected chi connectivity index (χ4v) is 1.96. The second-order valence-electron chi connectivity index (χ2n) is 4.08. The molecule has 0 aliphatic carbocycles. The molecular formula is C13H17NO. The standard InChI is InChI=1S/C13H17NO/c1-10-3-5-11(6-4-10)12-7-8-13(15-2)14-9-12/h3-6,12H,7-9H2,1-2H3. The topological polar surface area (TPSA) is 21.6 Å². The molecule has 0 spiro atoms. The first-order chi connectivity index (χ1) is 7.29. The summed E-state index contributed by atoms with van der Waals surface area (Å²) in [7, 11) is 1.70. The van der Waals surface area contributed by atoms with E-state index in [1.54, 1.807) is 7.11 Å². The van der Waals surface area contributed by atoms with Gasteiger partial charge in [0.05, 0.1) is 7.11 Å². The molecule has 1 heterocycles. The molecule has 0 bridgehead atoms. The lowest BCUT2D eigenvalue weighted by Crippen LogP contribution is -2.15. The number of benzene rings is 1. The van der Waals surface area contributed by atoms with Crippen molar-refractivity contribution in [3.8, 4) is 0 Å². The molecule has 0 N–H and O–H groups in total. The minimum absolute atomic E-state index is 0.574. The van der Waals surface area contributed by atoms with Crippen LogP contribution in [0, 0.1) is 6.92 Å². The molecule has 1 atom stereocenters. The predicted molar refractivity (Wildman–Crippen MR) is 62.5 cm³/mol. The summed E-state index contributed by atoms with van der Waals surface area (Å²) >= 11 is 0. The molecule has 1 aliphatic heterocycles. The molecule has 15 heavy (non-hydrogen) atoms. The molecule has 1 aromatic rings. The van der Waals surface area contributed by atoms with Crippen molar-refractivity contribution in [1.82, 2.24) is 0 Å². The number of nitrogens with zero attached hydrogens (tertiary/aromatic N) is 1. The zero-order valence-corrected chi connectivity index (χ0v) is 9.36. The Morgan fingerprint density at radius 2 is 2.00 bits per heavy atom. The summed E-state index contributed by atoms with van der Waals surface area (Å²) in [6.45, 7) is 2.98. The summed E-state index contributed by atoms with van der Waals surface area (Å²) in [5.74, 6) is 1.47. The van der Waals surface area contributed by atoms with E-state index in [4.69, 9.17) is 4.74 Å². The van der Waals surface area contributed by atoms with Crippen molar-refractivity contribution in [2.45, 2.75) is 25.7 Å². The lowest BCUT2D eigenvalue weighted by Gasteiger charge is -2.20. The number of methoxy groups -OCH3 is 1. The maximum Gasteiger partial charge on any atom is 0.182 e. The van der Waals surface area contributed by atoms with E-state index in [0.717, 1.165) is 25.3 Å². The first kappa shape index (κ1) is 10.2. The smallest absolute Gasteiger partial charge is 0.182 e. The van der Waals surface area contributed by atoms with Crippen molar-refractivity contribution in [2.75, 3.05) is 13.7 Å². The molecule has 0 amide bonds. The number of aliphatic imine (C=N–C) groups is 1. The van der Waals surface area contributed by atoms with Gasteiger partial charge in [0.15, 0.2) is 5.90 Å². The van der Waals surface area contributed by atoms with Gasteiger partial charge in [-0.1, -0.05) is 29.8 Å². The van der Waals surface area contributed by atoms with Crippen LogP contribution in [-0.4, -0.2) is 19.6 Å². The summed E-state index contributed by atoms with van der Waals surface area (Å²) < 4.78 is 5.14. The van der Waals surface area contributed by atoms with E-state index >= 15 is 0 Å². The van der Waals surface area contributed by atoms with E-state index in [1.807, 2.05) is 0 Å². The SMILES string of the molecule is COC1=NCC(c2ccc(C)cc2)CC1. The van der Waals surface area contributed by atoms with Gasteiger partial charge in [0.1, 0.15) is 0 Å². The maximum absolute atomic E-state index is 5.14. The largest absolute Gasteiger partial charge is 0.484 e. The Labute approximate surface area is 91.0 Å². The highest BCUT2D eigenvalue weighted by molar-refractivity contribution is 5.76. The van der Waals surface area contributed by atoms with Gasteiger partial charge in [-0.2, -0.15) is 0 Å². The van der Waals surface area contributed by atoms with Crippen LogP contribution in [-0.2, 0) is 4.74 Å². The van der Waals surface area contributed by atoms with Crippen LogP contribution in [0.2, 0.25) is 0 Å². The van der Waals surface area contributed by atoms with Crippen LogP contribution in [0.5, 0.6) is 0 Å². The molecule has 1 aliphatic rings. The van der Waals surface area contributed by atoms with Gasteiger partial charge in [-0.25, -0.2) is 0 Å². The number of aryl methyl sites for hydroxylation is 1. The second kappa shape index (κ2) is 4.47. The van der Waals surface area contributed by atoms with Gasteiger partial charge in [0, 0.05) is 18.9 Å². The second-order valence-corrected chi connectivity index (χ2v) is 4.08. The molecule has 2 rings (SSSR count). The van der Waals surface area contributed by atoms with Crippen molar-refractivity contribution in [3.05, 3.63) is 35.4 Å². The quantitative estimate of drug-likeness (QED) is 0.687. The van der Waals surface area contributed by atoms with Gasteiger partial charge in [-0.05, 0) is 18.9 Å². The zero-order chi connectivity index (χ0) is 10.7. The number of hydrogen-bond donors (Lipinski definition) is 0. The van der Waals surface area contributed by atoms with E-state index in [0.29, 0.717) is 5.92 Å². The number of hydrogen-bond acceptors (Lipinski definition) is 2. The Morgan fingerprint density at radius 1 is 1.27 bits per heavy atom. The Balaban J connectivity index is 2.07. The van der Waals surface area contributed by atoms with E-state index in [2.05, 4.69) is 36.2 Å². The summed E-state index contributed by atoms with van der Waals surface area (Å²) in [6, 6.07) is 8.77. The van der Waals surface area contributed by atoms with Crippen molar-refractivity contribution >= 4 is 5.90 Å². The van der Waals surface area contributed by atoms with Crippen LogP contribution >= 0.6 is 0 Å². The minimum Gasteiger partial charge on any atom is -0.484 e. The third-order valence-corrected chi connectivity index (χ3v) is 2.98. The average Bonchev–Trinajstić information content (AvgIpc) is 2.30. The van der Waals surface area contributed by atoms with E-state index in [-0.39, 0.29) is 0 Å². The molecule has 0 saturated heterocycles. The number of ether oxygens (including phenoxy) is 1. The third kappa shape index (κ3) is 2.38. The fourth-order valence-electron chi connectivity index (χ4n) is 1.96. The summed E-state index contributed by atoms with van der Waals surface area (Å²) in [4.78, 5) is 4.42. The zero-order valence-electron chi connectivity index (χ0n) is 9.36. The molecule has 2 nitrogen and oxygen atoms in total. The first-order valence-corrected chi connectivity index (χ1v) is 5.43. The molecule has 0 radical (unpaired) electrons. The minimum atomic E-state index is 0.574. The van der Waals surface area contributed by atoms with Gasteiger partial charge in [0.2, 0.25) is 0 Å². The molecule has 1 aromatic carbocycles. The molecule has 0 fully saturated rings. The molecule has 1 unspecified atom stereocenters. The van der Waals surface area contributed by atoms with Crippen molar-refractivity contribution < 1.29 is 4.74 Å². The molecule has 0 aromatic heterocycles. The van der Waals surface area contributed by atoms with Crippen LogP contribution in [0.3, 0.4) is 0 Å². The summed E-state index contributed by atoms with van der Waals surface area (Å²) in [5.41, 5.74) is 2.72. The van der Waals surface area contributed by atoms with Crippen molar-refractivity contribution in [3.63, 3.8) is 0 Å². The summed E-state index contributed by atoms with van der Waals surface area (Å²) in [5, 5.41) is 0. The van der Waals surface area contributed by atoms with E-state index in [1.165, 1.54) is 11.1 Å². The van der Waals surface area contributed by atoms with Gasteiger partial charge in [0.25, 0.3) is 0 Å². The van der Waals surface area contributed by atoms with Gasteiger partial charge in [-0.3, -0.25) is 4.99 Å². The van der Waals surface area contributed by atoms with Crippen molar-refractivity contribution in [2.24, 2.45) is 4.99 Å². The number of rotatable bonds is 1. The van der Waals surface area contributed by atoms with Crippen LogP contribution in [0.25, 0.3) is 0 Å². The molecule has 80 valence electrons. The fraction of sp³-hybridized carbons (Fsp3) is 0.462. The molecular weight excluding hydrogens is 186 g/mol. The van der Waals surface area contributed by atoms with Crippen molar-refractivity contribution in [1.29, 1.82) is 0 Å². The van der Waals surface area contributed by atoms with Crippen LogP contribution in [0.4, 0.5) is 0 Å². The Morgan fingerprint density at radius 3 is 2.53 bits per heavy atom. The van der Waals surface area contributed by atoms with Crippen LogP contribution < -0.4 is 0 Å². The Kier molecular flexibility index (Phi) is 3.05. The third-order valence-electron chi connectivity index (χ3n) is 2.98. The van der Waals surface area contributed by atoms with Gasteiger partial charge < -0.3 is 4.74 Å². The maximum atomic E-state index is 5.14. The highest BCUT2D eigenvalue weighted by Gasteiger charge is 2.17. The normalized spacial score (nSPS) is 20.9. The van der Waals surface area contributed by atoms with Gasteiger partial charge in [-0.15, -0.1) is 0 Å². The van der Waals surface area contributed by atoms with Gasteiger partial charge >= 0.3 is 0 Å². The van der Waals surface area contributed by atoms with Crippen LogP contribution in [0.15, 0.2) is 29.3 Å². The summed E-state index contributed by atoms with van der Waals surface area (Å²) in [6.07, 6.45) is 2.12. The van der Waals surface area contributed by atoms with E-state index in [9.17, 15) is 0 Å². The van der Waals surface area contributed by atoms with Crippen LogP contribution in [0.1, 0.15) is 29.9 Å². The Hall–Kier alpha value is -1.31. The lowest BCUT2D eigenvalue weighted by molar-refractivity contribution is 0.373. The van der Waals surface area contributed by atoms with E-state index < -0.39 is 0 Å². The predicted octanol–water partition coefficient (Wildman–Crippen LogP) is 2.92. The molecule has 0 saturated carbocycles. The monoisotopic (exact) mass is 203 g/mol. The highest BCUT2D eigenvalue weighted by atomic mass is 16.5. The highest BCUT2D eigenvalue weighted by Crippen LogP contribution is 2.25. The average molecular weight is 203 g/mol. The lowest BCUT2D eigenvalue weighted by atomic mass is 9.92.